The molecule has 1 atom stereocenters. The molecular weight excluding hydrogens is 172 g/mol. The van der Waals surface area contributed by atoms with Gasteiger partial charge in [-0.1, -0.05) is 45.0 Å². The summed E-state index contributed by atoms with van der Waals surface area (Å²) in [6.45, 7) is 6.53. The van der Waals surface area contributed by atoms with E-state index >= 15 is 0 Å². The van der Waals surface area contributed by atoms with Crippen LogP contribution in [0.2, 0.25) is 0 Å². The Balaban J connectivity index is 2.81. The van der Waals surface area contributed by atoms with E-state index in [-0.39, 0.29) is 6.04 Å². The standard InChI is InChI=1S/C12H20N2/c1-4-12(14-13)11-7-5-10(6-8-11)9(2)3/h5-9,12,14H,4,13H2,1-3H3. The van der Waals surface area contributed by atoms with Gasteiger partial charge in [0, 0.05) is 6.04 Å². The van der Waals surface area contributed by atoms with Gasteiger partial charge in [0.25, 0.3) is 0 Å². The van der Waals surface area contributed by atoms with Crippen molar-refractivity contribution in [2.24, 2.45) is 5.84 Å². The highest BCUT2D eigenvalue weighted by Crippen LogP contribution is 2.19. The molecular formula is C12H20N2. The molecule has 14 heavy (non-hydrogen) atoms. The lowest BCUT2D eigenvalue weighted by Gasteiger charge is -2.14. The molecule has 2 nitrogen and oxygen atoms in total. The first-order valence-electron chi connectivity index (χ1n) is 5.25. The highest BCUT2D eigenvalue weighted by molar-refractivity contribution is 5.26. The molecule has 0 saturated heterocycles. The fraction of sp³-hybridized carbons (Fsp3) is 0.500. The summed E-state index contributed by atoms with van der Waals surface area (Å²) in [5.74, 6) is 6.06. The average molecular weight is 192 g/mol. The molecule has 0 amide bonds. The summed E-state index contributed by atoms with van der Waals surface area (Å²) in [4.78, 5) is 0. The second-order valence-corrected chi connectivity index (χ2v) is 3.95. The van der Waals surface area contributed by atoms with E-state index in [9.17, 15) is 0 Å². The first-order valence-corrected chi connectivity index (χ1v) is 5.25. The minimum Gasteiger partial charge on any atom is -0.271 e. The van der Waals surface area contributed by atoms with Crippen molar-refractivity contribution >= 4 is 0 Å². The van der Waals surface area contributed by atoms with Crippen molar-refractivity contribution in [3.63, 3.8) is 0 Å². The van der Waals surface area contributed by atoms with Crippen molar-refractivity contribution in [1.82, 2.24) is 5.43 Å². The van der Waals surface area contributed by atoms with Crippen molar-refractivity contribution in [2.75, 3.05) is 0 Å². The summed E-state index contributed by atoms with van der Waals surface area (Å²) in [5, 5.41) is 0. The summed E-state index contributed by atoms with van der Waals surface area (Å²) in [5.41, 5.74) is 5.46. The van der Waals surface area contributed by atoms with Crippen LogP contribution in [-0.4, -0.2) is 0 Å². The summed E-state index contributed by atoms with van der Waals surface area (Å²) in [6.07, 6.45) is 1.01. The monoisotopic (exact) mass is 192 g/mol. The zero-order chi connectivity index (χ0) is 10.6. The van der Waals surface area contributed by atoms with Crippen LogP contribution in [0, 0.1) is 0 Å². The maximum Gasteiger partial charge on any atom is 0.0457 e. The topological polar surface area (TPSA) is 38.0 Å². The molecule has 0 aromatic heterocycles. The van der Waals surface area contributed by atoms with E-state index in [2.05, 4.69) is 50.5 Å². The Hall–Kier alpha value is -0.860. The predicted molar refractivity (Wildman–Crippen MR) is 60.9 cm³/mol. The summed E-state index contributed by atoms with van der Waals surface area (Å²) >= 11 is 0. The normalized spacial score (nSPS) is 13.2. The van der Waals surface area contributed by atoms with E-state index in [1.807, 2.05) is 0 Å². The number of nitrogens with one attached hydrogen (secondary N) is 1. The summed E-state index contributed by atoms with van der Waals surface area (Å²) in [7, 11) is 0. The molecule has 1 aromatic rings. The van der Waals surface area contributed by atoms with Gasteiger partial charge in [-0.2, -0.15) is 0 Å². The molecule has 0 aliphatic heterocycles. The number of nitrogens with two attached hydrogens (primary N) is 1. The Morgan fingerprint density at radius 1 is 1.14 bits per heavy atom. The Morgan fingerprint density at radius 2 is 1.64 bits per heavy atom. The second-order valence-electron chi connectivity index (χ2n) is 3.95. The van der Waals surface area contributed by atoms with Gasteiger partial charge in [-0.15, -0.1) is 0 Å². The third-order valence-electron chi connectivity index (χ3n) is 2.61. The largest absolute Gasteiger partial charge is 0.271 e. The fourth-order valence-electron chi connectivity index (χ4n) is 1.56. The van der Waals surface area contributed by atoms with E-state index in [0.717, 1.165) is 6.42 Å². The van der Waals surface area contributed by atoms with Crippen molar-refractivity contribution in [3.8, 4) is 0 Å². The van der Waals surface area contributed by atoms with Gasteiger partial charge >= 0.3 is 0 Å². The van der Waals surface area contributed by atoms with Crippen LogP contribution in [0.25, 0.3) is 0 Å². The van der Waals surface area contributed by atoms with Crippen molar-refractivity contribution in [1.29, 1.82) is 0 Å². The molecule has 0 heterocycles. The van der Waals surface area contributed by atoms with E-state index in [4.69, 9.17) is 5.84 Å². The fourth-order valence-corrected chi connectivity index (χ4v) is 1.56. The number of hydrogen-bond acceptors (Lipinski definition) is 2. The van der Waals surface area contributed by atoms with Crippen molar-refractivity contribution in [3.05, 3.63) is 35.4 Å². The minimum atomic E-state index is 0.274. The van der Waals surface area contributed by atoms with Crippen LogP contribution in [0.5, 0.6) is 0 Å². The van der Waals surface area contributed by atoms with Crippen LogP contribution in [0.3, 0.4) is 0 Å². The highest BCUT2D eigenvalue weighted by Gasteiger charge is 2.06. The van der Waals surface area contributed by atoms with E-state index < -0.39 is 0 Å². The van der Waals surface area contributed by atoms with Gasteiger partial charge in [0.05, 0.1) is 0 Å². The molecule has 3 N–H and O–H groups in total. The third kappa shape index (κ3) is 2.56. The molecule has 0 fully saturated rings. The number of hydrogen-bond donors (Lipinski definition) is 2. The second kappa shape index (κ2) is 5.13. The smallest absolute Gasteiger partial charge is 0.0457 e. The van der Waals surface area contributed by atoms with Gasteiger partial charge in [0.1, 0.15) is 0 Å². The molecule has 78 valence electrons. The maximum atomic E-state index is 5.46. The first kappa shape index (κ1) is 11.2. The Bertz CT molecular complexity index is 260. The maximum absolute atomic E-state index is 5.46. The van der Waals surface area contributed by atoms with Crippen LogP contribution >= 0.6 is 0 Å². The molecule has 1 rings (SSSR count). The van der Waals surface area contributed by atoms with E-state index in [1.54, 1.807) is 0 Å². The van der Waals surface area contributed by atoms with Crippen LogP contribution in [0.1, 0.15) is 50.3 Å². The summed E-state index contributed by atoms with van der Waals surface area (Å²) in [6, 6.07) is 8.95. The van der Waals surface area contributed by atoms with Gasteiger partial charge in [-0.25, -0.2) is 0 Å². The van der Waals surface area contributed by atoms with Crippen LogP contribution in [-0.2, 0) is 0 Å². The molecule has 2 heteroatoms. The third-order valence-corrected chi connectivity index (χ3v) is 2.61. The Morgan fingerprint density at radius 3 is 2.00 bits per heavy atom. The predicted octanol–water partition coefficient (Wildman–Crippen LogP) is 2.72. The first-order chi connectivity index (χ1) is 6.69. The van der Waals surface area contributed by atoms with Gasteiger partial charge in [-0.05, 0) is 23.5 Å². The lowest BCUT2D eigenvalue weighted by Crippen LogP contribution is -2.27. The number of rotatable bonds is 4. The van der Waals surface area contributed by atoms with Crippen LogP contribution in [0.4, 0.5) is 0 Å². The lowest BCUT2D eigenvalue weighted by atomic mass is 9.98. The molecule has 0 radical (unpaired) electrons. The number of hydrazine groups is 1. The lowest BCUT2D eigenvalue weighted by molar-refractivity contribution is 0.539. The quantitative estimate of drug-likeness (QED) is 0.568. The van der Waals surface area contributed by atoms with Crippen LogP contribution in [0.15, 0.2) is 24.3 Å². The SMILES string of the molecule is CCC(NN)c1ccc(C(C)C)cc1. The molecule has 1 aromatic carbocycles. The Labute approximate surface area is 86.5 Å². The van der Waals surface area contributed by atoms with Gasteiger partial charge in [-0.3, -0.25) is 11.3 Å². The molecule has 1 unspecified atom stereocenters. The molecule has 0 aliphatic carbocycles. The zero-order valence-electron chi connectivity index (χ0n) is 9.25. The molecule has 0 aliphatic rings. The average Bonchev–Trinajstić information content (AvgIpc) is 2.20. The molecule has 0 bridgehead atoms. The van der Waals surface area contributed by atoms with Crippen LogP contribution < -0.4 is 11.3 Å². The van der Waals surface area contributed by atoms with Gasteiger partial charge in [0.15, 0.2) is 0 Å². The highest BCUT2D eigenvalue weighted by atomic mass is 15.2. The minimum absolute atomic E-state index is 0.274. The van der Waals surface area contributed by atoms with Crippen molar-refractivity contribution < 1.29 is 0 Å². The van der Waals surface area contributed by atoms with Gasteiger partial charge in [0.2, 0.25) is 0 Å². The molecule has 0 saturated carbocycles. The van der Waals surface area contributed by atoms with Crippen molar-refractivity contribution in [2.45, 2.75) is 39.2 Å². The summed E-state index contributed by atoms with van der Waals surface area (Å²) < 4.78 is 0. The van der Waals surface area contributed by atoms with Gasteiger partial charge < -0.3 is 0 Å². The molecule has 0 spiro atoms. The Kier molecular flexibility index (Phi) is 4.11. The number of benzene rings is 1. The van der Waals surface area contributed by atoms with E-state index in [0.29, 0.717) is 5.92 Å². The zero-order valence-corrected chi connectivity index (χ0v) is 9.25. The van der Waals surface area contributed by atoms with E-state index in [1.165, 1.54) is 11.1 Å².